The largest absolute Gasteiger partial charge is 0.399 e. The molecule has 0 spiro atoms. The molecule has 0 radical (unpaired) electrons. The van der Waals surface area contributed by atoms with Gasteiger partial charge in [0.1, 0.15) is 0 Å². The van der Waals surface area contributed by atoms with Gasteiger partial charge in [0.15, 0.2) is 5.11 Å². The maximum absolute atomic E-state index is 5.62. The van der Waals surface area contributed by atoms with Gasteiger partial charge in [0.05, 0.1) is 0 Å². The van der Waals surface area contributed by atoms with Crippen LogP contribution in [0.5, 0.6) is 0 Å². The first-order valence-electron chi connectivity index (χ1n) is 3.69. The lowest BCUT2D eigenvalue weighted by atomic mass is 10.1. The quantitative estimate of drug-likeness (QED) is 0.412. The highest BCUT2D eigenvalue weighted by atomic mass is 32.1. The van der Waals surface area contributed by atoms with Gasteiger partial charge in [-0.3, -0.25) is 0 Å². The Kier molecular flexibility index (Phi) is 1.62. The van der Waals surface area contributed by atoms with E-state index in [1.165, 1.54) is 5.56 Å². The van der Waals surface area contributed by atoms with Gasteiger partial charge < -0.3 is 16.4 Å². The Hall–Kier alpha value is -1.29. The van der Waals surface area contributed by atoms with Gasteiger partial charge in [0.2, 0.25) is 0 Å². The van der Waals surface area contributed by atoms with Gasteiger partial charge in [0.25, 0.3) is 0 Å². The van der Waals surface area contributed by atoms with Crippen molar-refractivity contribution in [1.29, 1.82) is 0 Å². The van der Waals surface area contributed by atoms with E-state index in [0.29, 0.717) is 5.11 Å². The maximum atomic E-state index is 5.62. The topological polar surface area (TPSA) is 50.1 Å². The lowest BCUT2D eigenvalue weighted by molar-refractivity contribution is 0.909. The van der Waals surface area contributed by atoms with Crippen molar-refractivity contribution < 1.29 is 0 Å². The van der Waals surface area contributed by atoms with E-state index in [1.54, 1.807) is 0 Å². The molecular formula is C8H9N3S. The second kappa shape index (κ2) is 2.64. The predicted molar refractivity (Wildman–Crippen MR) is 53.9 cm³/mol. The molecule has 0 amide bonds. The highest BCUT2D eigenvalue weighted by molar-refractivity contribution is 7.80. The summed E-state index contributed by atoms with van der Waals surface area (Å²) < 4.78 is 0. The van der Waals surface area contributed by atoms with Crippen LogP contribution in [0.25, 0.3) is 0 Å². The first-order chi connectivity index (χ1) is 5.75. The predicted octanol–water partition coefficient (Wildman–Crippen LogP) is 1.07. The molecule has 0 saturated carbocycles. The van der Waals surface area contributed by atoms with Crippen molar-refractivity contribution in [2.24, 2.45) is 0 Å². The summed E-state index contributed by atoms with van der Waals surface area (Å²) in [6, 6.07) is 5.77. The molecule has 4 N–H and O–H groups in total. The van der Waals surface area contributed by atoms with Crippen molar-refractivity contribution in [1.82, 2.24) is 5.32 Å². The third kappa shape index (κ3) is 1.21. The minimum atomic E-state index is 0.660. The SMILES string of the molecule is Nc1ccc2c(c1)NC(=S)NC2. The summed E-state index contributed by atoms with van der Waals surface area (Å²) in [6.07, 6.45) is 0. The van der Waals surface area contributed by atoms with E-state index in [2.05, 4.69) is 10.6 Å². The third-order valence-electron chi connectivity index (χ3n) is 1.82. The van der Waals surface area contributed by atoms with Crippen molar-refractivity contribution in [2.75, 3.05) is 11.1 Å². The second-order valence-corrected chi connectivity index (χ2v) is 3.13. The average Bonchev–Trinajstić information content (AvgIpc) is 2.03. The zero-order chi connectivity index (χ0) is 8.55. The number of nitrogen functional groups attached to an aromatic ring is 1. The normalized spacial score (nSPS) is 14.5. The summed E-state index contributed by atoms with van der Waals surface area (Å²) in [4.78, 5) is 0. The van der Waals surface area contributed by atoms with Crippen LogP contribution in [0.1, 0.15) is 5.56 Å². The number of nitrogens with two attached hydrogens (primary N) is 1. The third-order valence-corrected chi connectivity index (χ3v) is 2.07. The number of benzene rings is 1. The van der Waals surface area contributed by atoms with Gasteiger partial charge in [-0.25, -0.2) is 0 Å². The zero-order valence-electron chi connectivity index (χ0n) is 6.42. The molecule has 0 aromatic heterocycles. The molecule has 1 aliphatic rings. The van der Waals surface area contributed by atoms with Crippen LogP contribution in [0.3, 0.4) is 0 Å². The van der Waals surface area contributed by atoms with Gasteiger partial charge in [-0.05, 0) is 29.9 Å². The Morgan fingerprint density at radius 1 is 1.42 bits per heavy atom. The molecule has 4 heteroatoms. The molecular weight excluding hydrogens is 170 g/mol. The lowest BCUT2D eigenvalue weighted by Gasteiger charge is -2.20. The fraction of sp³-hybridized carbons (Fsp3) is 0.125. The van der Waals surface area contributed by atoms with Gasteiger partial charge in [-0.2, -0.15) is 0 Å². The summed E-state index contributed by atoms with van der Waals surface area (Å²) >= 11 is 4.96. The molecule has 2 rings (SSSR count). The zero-order valence-corrected chi connectivity index (χ0v) is 7.24. The van der Waals surface area contributed by atoms with E-state index in [1.807, 2.05) is 18.2 Å². The van der Waals surface area contributed by atoms with E-state index >= 15 is 0 Å². The van der Waals surface area contributed by atoms with Crippen molar-refractivity contribution >= 4 is 28.7 Å². The minimum absolute atomic E-state index is 0.660. The number of anilines is 2. The van der Waals surface area contributed by atoms with E-state index in [-0.39, 0.29) is 0 Å². The molecule has 0 aliphatic carbocycles. The van der Waals surface area contributed by atoms with Crippen molar-refractivity contribution in [2.45, 2.75) is 6.54 Å². The van der Waals surface area contributed by atoms with Crippen LogP contribution >= 0.6 is 12.2 Å². The molecule has 0 saturated heterocycles. The van der Waals surface area contributed by atoms with Crippen LogP contribution < -0.4 is 16.4 Å². The Labute approximate surface area is 76.0 Å². The molecule has 0 atom stereocenters. The highest BCUT2D eigenvalue weighted by Crippen LogP contribution is 2.21. The smallest absolute Gasteiger partial charge is 0.171 e. The van der Waals surface area contributed by atoms with Crippen molar-refractivity contribution in [3.63, 3.8) is 0 Å². The van der Waals surface area contributed by atoms with Crippen LogP contribution in [-0.2, 0) is 6.54 Å². The lowest BCUT2D eigenvalue weighted by Crippen LogP contribution is -2.33. The summed E-state index contributed by atoms with van der Waals surface area (Å²) in [7, 11) is 0. The van der Waals surface area contributed by atoms with Gasteiger partial charge >= 0.3 is 0 Å². The van der Waals surface area contributed by atoms with E-state index < -0.39 is 0 Å². The van der Waals surface area contributed by atoms with Crippen molar-refractivity contribution in [3.05, 3.63) is 23.8 Å². The molecule has 3 nitrogen and oxygen atoms in total. The van der Waals surface area contributed by atoms with Crippen LogP contribution in [0.2, 0.25) is 0 Å². The fourth-order valence-corrected chi connectivity index (χ4v) is 1.39. The van der Waals surface area contributed by atoms with Gasteiger partial charge in [-0.15, -0.1) is 0 Å². The molecule has 62 valence electrons. The summed E-state index contributed by atoms with van der Waals surface area (Å²) in [5.74, 6) is 0. The Morgan fingerprint density at radius 2 is 2.25 bits per heavy atom. The fourth-order valence-electron chi connectivity index (χ4n) is 1.21. The van der Waals surface area contributed by atoms with Crippen LogP contribution in [0.4, 0.5) is 11.4 Å². The van der Waals surface area contributed by atoms with Crippen LogP contribution in [-0.4, -0.2) is 5.11 Å². The second-order valence-electron chi connectivity index (χ2n) is 2.72. The Morgan fingerprint density at radius 3 is 3.08 bits per heavy atom. The first-order valence-corrected chi connectivity index (χ1v) is 4.10. The molecule has 0 bridgehead atoms. The van der Waals surface area contributed by atoms with Gasteiger partial charge in [-0.1, -0.05) is 6.07 Å². The molecule has 12 heavy (non-hydrogen) atoms. The summed E-state index contributed by atoms with van der Waals surface area (Å²) in [5.41, 5.74) is 8.58. The number of hydrogen-bond acceptors (Lipinski definition) is 2. The number of thiocarbonyl (C=S) groups is 1. The molecule has 0 unspecified atom stereocenters. The van der Waals surface area contributed by atoms with Gasteiger partial charge in [0, 0.05) is 17.9 Å². The Balaban J connectivity index is 2.44. The number of hydrogen-bond donors (Lipinski definition) is 3. The Bertz CT molecular complexity index is 335. The van der Waals surface area contributed by atoms with Crippen LogP contribution in [0.15, 0.2) is 18.2 Å². The molecule has 0 fully saturated rings. The first kappa shape index (κ1) is 7.36. The monoisotopic (exact) mass is 179 g/mol. The molecule has 1 heterocycles. The number of rotatable bonds is 0. The van der Waals surface area contributed by atoms with E-state index in [0.717, 1.165) is 17.9 Å². The van der Waals surface area contributed by atoms with E-state index in [4.69, 9.17) is 18.0 Å². The number of nitrogens with one attached hydrogen (secondary N) is 2. The number of fused-ring (bicyclic) bond motifs is 1. The molecule has 1 aromatic rings. The summed E-state index contributed by atoms with van der Waals surface area (Å²) in [5, 5.41) is 6.74. The minimum Gasteiger partial charge on any atom is -0.399 e. The summed E-state index contributed by atoms with van der Waals surface area (Å²) in [6.45, 7) is 0.779. The van der Waals surface area contributed by atoms with Crippen molar-refractivity contribution in [3.8, 4) is 0 Å². The molecule has 1 aliphatic heterocycles. The maximum Gasteiger partial charge on any atom is 0.171 e. The molecule has 1 aromatic carbocycles. The average molecular weight is 179 g/mol. The highest BCUT2D eigenvalue weighted by Gasteiger charge is 2.10. The van der Waals surface area contributed by atoms with E-state index in [9.17, 15) is 0 Å². The van der Waals surface area contributed by atoms with Crippen LogP contribution in [0, 0.1) is 0 Å². The standard InChI is InChI=1S/C8H9N3S/c9-6-2-1-5-4-10-8(12)11-7(5)3-6/h1-3H,4,9H2,(H2,10,11,12).